The first kappa shape index (κ1) is 16.4. The van der Waals surface area contributed by atoms with Gasteiger partial charge < -0.3 is 10.2 Å². The summed E-state index contributed by atoms with van der Waals surface area (Å²) in [7, 11) is 0. The summed E-state index contributed by atoms with van der Waals surface area (Å²) in [5.74, 6) is -0.241. The number of halogens is 1. The van der Waals surface area contributed by atoms with Crippen LogP contribution in [0.3, 0.4) is 0 Å². The van der Waals surface area contributed by atoms with E-state index in [9.17, 15) is 9.18 Å². The minimum absolute atomic E-state index is 0.0873. The molecule has 1 aliphatic heterocycles. The van der Waals surface area contributed by atoms with E-state index in [1.807, 2.05) is 4.90 Å². The lowest BCUT2D eigenvalue weighted by Gasteiger charge is -2.35. The fourth-order valence-corrected chi connectivity index (χ4v) is 3.28. The molecule has 1 fully saturated rings. The lowest BCUT2D eigenvalue weighted by molar-refractivity contribution is 0.155. The Morgan fingerprint density at radius 2 is 2.12 bits per heavy atom. The van der Waals surface area contributed by atoms with E-state index in [-0.39, 0.29) is 17.4 Å². The van der Waals surface area contributed by atoms with Crippen molar-refractivity contribution in [2.45, 2.75) is 38.3 Å². The zero-order chi connectivity index (χ0) is 17.0. The number of amides is 2. The van der Waals surface area contributed by atoms with Crippen molar-refractivity contribution in [2.24, 2.45) is 0 Å². The van der Waals surface area contributed by atoms with Gasteiger partial charge in [-0.15, -0.1) is 0 Å². The van der Waals surface area contributed by atoms with Crippen molar-refractivity contribution in [3.05, 3.63) is 59.9 Å². The van der Waals surface area contributed by atoms with E-state index >= 15 is 0 Å². The van der Waals surface area contributed by atoms with E-state index < -0.39 is 0 Å². The van der Waals surface area contributed by atoms with Crippen molar-refractivity contribution in [1.82, 2.24) is 20.2 Å². The second-order valence-electron chi connectivity index (χ2n) is 6.41. The van der Waals surface area contributed by atoms with Crippen molar-refractivity contribution in [3.63, 3.8) is 0 Å². The average molecular weight is 328 g/mol. The molecule has 5 nitrogen and oxygen atoms in total. The summed E-state index contributed by atoms with van der Waals surface area (Å²) in [6.45, 7) is 3.20. The number of carbonyl (C=O) groups is 1. The van der Waals surface area contributed by atoms with Gasteiger partial charge in [0.1, 0.15) is 12.1 Å². The molecule has 2 aromatic rings. The fourth-order valence-electron chi connectivity index (χ4n) is 3.28. The minimum Gasteiger partial charge on any atom is -0.332 e. The SMILES string of the molecule is CC1(Cc2ccc(F)cc2)CCCN1C(=O)NCc1ccncn1. The van der Waals surface area contributed by atoms with Crippen LogP contribution in [0.25, 0.3) is 0 Å². The Hall–Kier alpha value is -2.50. The maximum atomic E-state index is 13.1. The van der Waals surface area contributed by atoms with Gasteiger partial charge in [0.25, 0.3) is 0 Å². The third kappa shape index (κ3) is 3.69. The fraction of sp³-hybridized carbons (Fsp3) is 0.389. The summed E-state index contributed by atoms with van der Waals surface area (Å²) in [6, 6.07) is 8.20. The third-order valence-corrected chi connectivity index (χ3v) is 4.56. The molecule has 126 valence electrons. The molecule has 0 radical (unpaired) electrons. The highest BCUT2D eigenvalue weighted by atomic mass is 19.1. The van der Waals surface area contributed by atoms with Crippen molar-refractivity contribution in [3.8, 4) is 0 Å². The van der Waals surface area contributed by atoms with E-state index in [4.69, 9.17) is 0 Å². The molecule has 1 aromatic carbocycles. The van der Waals surface area contributed by atoms with Gasteiger partial charge in [0.15, 0.2) is 0 Å². The summed E-state index contributed by atoms with van der Waals surface area (Å²) < 4.78 is 13.1. The van der Waals surface area contributed by atoms with Crippen LogP contribution in [-0.2, 0) is 13.0 Å². The van der Waals surface area contributed by atoms with Gasteiger partial charge >= 0.3 is 6.03 Å². The zero-order valence-electron chi connectivity index (χ0n) is 13.7. The second kappa shape index (κ2) is 6.95. The Morgan fingerprint density at radius 3 is 2.83 bits per heavy atom. The van der Waals surface area contributed by atoms with Gasteiger partial charge in [0.2, 0.25) is 0 Å². The first-order chi connectivity index (χ1) is 11.6. The van der Waals surface area contributed by atoms with E-state index in [1.54, 1.807) is 24.4 Å². The second-order valence-corrected chi connectivity index (χ2v) is 6.41. The molecule has 0 spiro atoms. The average Bonchev–Trinajstić information content (AvgIpc) is 2.97. The molecule has 24 heavy (non-hydrogen) atoms. The highest BCUT2D eigenvalue weighted by Gasteiger charge is 2.39. The predicted octanol–water partition coefficient (Wildman–Crippen LogP) is 2.92. The van der Waals surface area contributed by atoms with Crippen LogP contribution in [0.15, 0.2) is 42.9 Å². The van der Waals surface area contributed by atoms with Crippen molar-refractivity contribution in [1.29, 1.82) is 0 Å². The van der Waals surface area contributed by atoms with Crippen molar-refractivity contribution < 1.29 is 9.18 Å². The first-order valence-corrected chi connectivity index (χ1v) is 8.12. The quantitative estimate of drug-likeness (QED) is 0.939. The molecular weight excluding hydrogens is 307 g/mol. The summed E-state index contributed by atoms with van der Waals surface area (Å²) in [5.41, 5.74) is 1.56. The smallest absolute Gasteiger partial charge is 0.318 e. The van der Waals surface area contributed by atoms with Gasteiger partial charge in [0.05, 0.1) is 12.2 Å². The van der Waals surface area contributed by atoms with E-state index in [0.29, 0.717) is 13.0 Å². The van der Waals surface area contributed by atoms with Crippen LogP contribution in [0.4, 0.5) is 9.18 Å². The molecule has 6 heteroatoms. The number of urea groups is 1. The van der Waals surface area contributed by atoms with Crippen LogP contribution in [0.1, 0.15) is 31.0 Å². The molecular formula is C18H21FN4O. The standard InChI is InChI=1S/C18H21FN4O/c1-18(11-14-3-5-15(19)6-4-14)8-2-10-23(18)17(24)21-12-16-7-9-20-13-22-16/h3-7,9,13H,2,8,10-12H2,1H3,(H,21,24). The van der Waals surface area contributed by atoms with E-state index in [2.05, 4.69) is 22.2 Å². The predicted molar refractivity (Wildman–Crippen MR) is 88.7 cm³/mol. The number of benzene rings is 1. The Labute approximate surface area is 140 Å². The Bertz CT molecular complexity index is 692. The molecule has 1 atom stereocenters. The number of aromatic nitrogens is 2. The van der Waals surface area contributed by atoms with Crippen LogP contribution < -0.4 is 5.32 Å². The maximum Gasteiger partial charge on any atom is 0.318 e. The molecule has 0 bridgehead atoms. The molecule has 0 aliphatic carbocycles. The third-order valence-electron chi connectivity index (χ3n) is 4.56. The zero-order valence-corrected chi connectivity index (χ0v) is 13.7. The van der Waals surface area contributed by atoms with Crippen molar-refractivity contribution in [2.75, 3.05) is 6.54 Å². The van der Waals surface area contributed by atoms with E-state index in [0.717, 1.165) is 30.6 Å². The van der Waals surface area contributed by atoms with E-state index in [1.165, 1.54) is 18.5 Å². The number of nitrogens with zero attached hydrogens (tertiary/aromatic N) is 3. The molecule has 1 saturated heterocycles. The number of carbonyl (C=O) groups excluding carboxylic acids is 1. The normalized spacial score (nSPS) is 20.2. The molecule has 1 aliphatic rings. The number of rotatable bonds is 4. The Kier molecular flexibility index (Phi) is 4.74. The summed E-state index contributed by atoms with van der Waals surface area (Å²) in [6.07, 6.45) is 5.75. The summed E-state index contributed by atoms with van der Waals surface area (Å²) in [5, 5.41) is 2.93. The number of hydrogen-bond acceptors (Lipinski definition) is 3. The van der Waals surface area contributed by atoms with Gasteiger partial charge in [-0.3, -0.25) is 0 Å². The Balaban J connectivity index is 1.65. The summed E-state index contributed by atoms with van der Waals surface area (Å²) in [4.78, 5) is 22.5. The van der Waals surface area contributed by atoms with Crippen LogP contribution in [-0.4, -0.2) is 33.0 Å². The topological polar surface area (TPSA) is 58.1 Å². The number of nitrogens with one attached hydrogen (secondary N) is 1. The van der Waals surface area contributed by atoms with Crippen molar-refractivity contribution >= 4 is 6.03 Å². The molecule has 2 heterocycles. The number of hydrogen-bond donors (Lipinski definition) is 1. The van der Waals surface area contributed by atoms with Crippen LogP contribution in [0.2, 0.25) is 0 Å². The first-order valence-electron chi connectivity index (χ1n) is 8.12. The van der Waals surface area contributed by atoms with Gasteiger partial charge in [-0.2, -0.15) is 0 Å². The molecule has 1 N–H and O–H groups in total. The molecule has 1 aromatic heterocycles. The van der Waals surface area contributed by atoms with Gasteiger partial charge in [-0.1, -0.05) is 12.1 Å². The van der Waals surface area contributed by atoms with Crippen LogP contribution in [0.5, 0.6) is 0 Å². The molecule has 3 rings (SSSR count). The highest BCUT2D eigenvalue weighted by Crippen LogP contribution is 2.32. The maximum absolute atomic E-state index is 13.1. The van der Waals surface area contributed by atoms with Gasteiger partial charge in [-0.25, -0.2) is 19.2 Å². The monoisotopic (exact) mass is 328 g/mol. The van der Waals surface area contributed by atoms with Gasteiger partial charge in [-0.05, 0) is 49.9 Å². The van der Waals surface area contributed by atoms with Gasteiger partial charge in [0, 0.05) is 18.3 Å². The lowest BCUT2D eigenvalue weighted by Crippen LogP contribution is -2.50. The molecule has 2 amide bonds. The molecule has 0 saturated carbocycles. The lowest BCUT2D eigenvalue weighted by atomic mass is 9.90. The molecule has 1 unspecified atom stereocenters. The summed E-state index contributed by atoms with van der Waals surface area (Å²) >= 11 is 0. The van der Waals surface area contributed by atoms with Crippen LogP contribution in [0, 0.1) is 5.82 Å². The van der Waals surface area contributed by atoms with Crippen LogP contribution >= 0.6 is 0 Å². The largest absolute Gasteiger partial charge is 0.332 e. The minimum atomic E-state index is -0.256. The Morgan fingerprint density at radius 1 is 1.33 bits per heavy atom. The highest BCUT2D eigenvalue weighted by molar-refractivity contribution is 5.75. The number of likely N-dealkylation sites (tertiary alicyclic amines) is 1.